The molecule has 2 aliphatic heterocycles. The number of nitrogens with one attached hydrogen (secondary N) is 1. The monoisotopic (exact) mass is 450 g/mol. The van der Waals surface area contributed by atoms with Gasteiger partial charge in [0.1, 0.15) is 5.70 Å². The first kappa shape index (κ1) is 23.1. The molecule has 0 aromatic heterocycles. The Kier molecular flexibility index (Phi) is 7.11. The van der Waals surface area contributed by atoms with Crippen LogP contribution in [-0.2, 0) is 12.8 Å². The van der Waals surface area contributed by atoms with Gasteiger partial charge in [-0.2, -0.15) is 0 Å². The maximum Gasteiger partial charge on any atom is 0.163 e. The van der Waals surface area contributed by atoms with Crippen molar-refractivity contribution in [2.24, 2.45) is 33.5 Å². The van der Waals surface area contributed by atoms with E-state index in [9.17, 15) is 4.79 Å². The molecule has 0 bridgehead atoms. The second kappa shape index (κ2) is 9.84. The maximum absolute atomic E-state index is 12.4. The molecule has 3 atom stereocenters. The van der Waals surface area contributed by atoms with Crippen LogP contribution in [0.1, 0.15) is 74.4 Å². The smallest absolute Gasteiger partial charge is 0.163 e. The summed E-state index contributed by atoms with van der Waals surface area (Å²) in [7, 11) is 0. The first-order valence-electron chi connectivity index (χ1n) is 12.0. The van der Waals surface area contributed by atoms with E-state index in [1.54, 1.807) is 11.8 Å². The molecule has 0 amide bonds. The average molecular weight is 451 g/mol. The number of benzene rings is 1. The molecule has 32 heavy (non-hydrogen) atoms. The van der Waals surface area contributed by atoms with Crippen LogP contribution in [0.15, 0.2) is 38.4 Å². The van der Waals surface area contributed by atoms with E-state index in [1.807, 2.05) is 6.21 Å². The lowest BCUT2D eigenvalue weighted by atomic mass is 9.86. The molecule has 3 unspecified atom stereocenters. The number of Topliss-reactive ketones (excluding diaryl/α,β-unsaturated/α-hetero) is 1. The van der Waals surface area contributed by atoms with Crippen molar-refractivity contribution in [2.75, 3.05) is 6.54 Å². The standard InChI is InChI=1S/C26H34N4OS/c1-4-16-10-21(28)26-25(29-14-16)15(3)18(8-9-27)12-24(30-26)32-23-13-20-19(6-7-22(20)31)11-17(23)5-2/h11,13-16,18,28H,4-10,12,27H2,1-3H3. The van der Waals surface area contributed by atoms with Crippen LogP contribution >= 0.6 is 11.8 Å². The number of aryl methyl sites for hydroxylation is 2. The third-order valence-electron chi connectivity index (χ3n) is 7.11. The molecule has 0 saturated heterocycles. The number of thioether (sulfide) groups is 1. The molecule has 0 spiro atoms. The first-order chi connectivity index (χ1) is 15.4. The summed E-state index contributed by atoms with van der Waals surface area (Å²) < 4.78 is 0. The number of carbonyl (C=O) groups is 1. The van der Waals surface area contributed by atoms with Crippen molar-refractivity contribution in [3.05, 3.63) is 40.2 Å². The molecule has 4 rings (SSSR count). The van der Waals surface area contributed by atoms with Gasteiger partial charge in [0.25, 0.3) is 0 Å². The lowest BCUT2D eigenvalue weighted by molar-refractivity contribution is 0.0994. The van der Waals surface area contributed by atoms with Gasteiger partial charge in [0.15, 0.2) is 5.78 Å². The lowest BCUT2D eigenvalue weighted by Crippen LogP contribution is -2.19. The van der Waals surface area contributed by atoms with E-state index in [0.29, 0.717) is 31.0 Å². The fraction of sp³-hybridized carbons (Fsp3) is 0.538. The number of allylic oxidation sites excluding steroid dienone is 2. The topological polar surface area (TPSA) is 91.7 Å². The van der Waals surface area contributed by atoms with E-state index >= 15 is 0 Å². The van der Waals surface area contributed by atoms with Crippen LogP contribution in [0.5, 0.6) is 0 Å². The zero-order valence-electron chi connectivity index (χ0n) is 19.4. The van der Waals surface area contributed by atoms with Crippen LogP contribution in [0, 0.1) is 23.2 Å². The van der Waals surface area contributed by atoms with Gasteiger partial charge in [-0.15, -0.1) is 0 Å². The number of fused-ring (bicyclic) bond motifs is 1. The molecule has 0 radical (unpaired) electrons. The van der Waals surface area contributed by atoms with E-state index in [2.05, 4.69) is 32.9 Å². The van der Waals surface area contributed by atoms with Crippen molar-refractivity contribution in [1.82, 2.24) is 0 Å². The molecular formula is C26H34N4OS. The highest BCUT2D eigenvalue weighted by Gasteiger charge is 2.32. The quantitative estimate of drug-likeness (QED) is 0.611. The van der Waals surface area contributed by atoms with Crippen molar-refractivity contribution in [1.29, 1.82) is 5.41 Å². The third-order valence-corrected chi connectivity index (χ3v) is 8.20. The molecule has 170 valence electrons. The lowest BCUT2D eigenvalue weighted by Gasteiger charge is -2.22. The average Bonchev–Trinajstić information content (AvgIpc) is 2.98. The van der Waals surface area contributed by atoms with Gasteiger partial charge in [-0.25, -0.2) is 4.99 Å². The molecule has 3 N–H and O–H groups in total. The molecule has 1 aliphatic carbocycles. The molecule has 2 heterocycles. The number of rotatable bonds is 5. The van der Waals surface area contributed by atoms with Gasteiger partial charge in [-0.3, -0.25) is 9.79 Å². The van der Waals surface area contributed by atoms with Gasteiger partial charge < -0.3 is 11.1 Å². The highest BCUT2D eigenvalue weighted by molar-refractivity contribution is 8.14. The highest BCUT2D eigenvalue weighted by Crippen LogP contribution is 2.40. The Morgan fingerprint density at radius 3 is 2.75 bits per heavy atom. The van der Waals surface area contributed by atoms with Crippen LogP contribution in [-0.4, -0.2) is 29.3 Å². The van der Waals surface area contributed by atoms with Gasteiger partial charge in [0.05, 0.1) is 16.5 Å². The Morgan fingerprint density at radius 2 is 2.03 bits per heavy atom. The number of hydrogen-bond donors (Lipinski definition) is 2. The Hall–Kier alpha value is -2.05. The van der Waals surface area contributed by atoms with E-state index < -0.39 is 0 Å². The van der Waals surface area contributed by atoms with Crippen molar-refractivity contribution >= 4 is 34.5 Å². The largest absolute Gasteiger partial charge is 0.330 e. The fourth-order valence-corrected chi connectivity index (χ4v) is 6.17. The summed E-state index contributed by atoms with van der Waals surface area (Å²) >= 11 is 1.67. The molecule has 0 saturated carbocycles. The second-order valence-corrected chi connectivity index (χ2v) is 10.3. The van der Waals surface area contributed by atoms with E-state index in [4.69, 9.17) is 21.1 Å². The predicted octanol–water partition coefficient (Wildman–Crippen LogP) is 5.61. The molecule has 0 fully saturated rings. The summed E-state index contributed by atoms with van der Waals surface area (Å²) in [6.07, 6.45) is 7.81. The summed E-state index contributed by atoms with van der Waals surface area (Å²) in [4.78, 5) is 23.4. The number of hydrogen-bond acceptors (Lipinski definition) is 6. The minimum absolute atomic E-state index is 0.204. The SMILES string of the molecule is CCc1cc2c(cc1SC1=NC3=C(N=CC(CC)CC3=N)C(C)C(CCN)C1)C(=O)CC2. The van der Waals surface area contributed by atoms with Crippen LogP contribution in [0.4, 0.5) is 0 Å². The van der Waals surface area contributed by atoms with Crippen molar-refractivity contribution in [3.8, 4) is 0 Å². The molecular weight excluding hydrogens is 416 g/mol. The van der Waals surface area contributed by atoms with Gasteiger partial charge in [0.2, 0.25) is 0 Å². The number of ketones is 1. The summed E-state index contributed by atoms with van der Waals surface area (Å²) in [5.74, 6) is 1.07. The second-order valence-electron chi connectivity index (χ2n) is 9.19. The van der Waals surface area contributed by atoms with Gasteiger partial charge >= 0.3 is 0 Å². The normalized spacial score (nSPS) is 25.4. The third kappa shape index (κ3) is 4.53. The number of carbonyl (C=O) groups excluding carboxylic acids is 1. The Labute approximate surface area is 195 Å². The van der Waals surface area contributed by atoms with Gasteiger partial charge in [-0.1, -0.05) is 38.6 Å². The van der Waals surface area contributed by atoms with Crippen LogP contribution in [0.25, 0.3) is 0 Å². The Balaban J connectivity index is 1.74. The number of nitrogens with zero attached hydrogens (tertiary/aromatic N) is 2. The molecule has 1 aromatic rings. The maximum atomic E-state index is 12.4. The van der Waals surface area contributed by atoms with Crippen molar-refractivity contribution < 1.29 is 4.79 Å². The van der Waals surface area contributed by atoms with Crippen LogP contribution in [0.3, 0.4) is 0 Å². The van der Waals surface area contributed by atoms with E-state index in [-0.39, 0.29) is 17.6 Å². The summed E-state index contributed by atoms with van der Waals surface area (Å²) in [5.41, 5.74) is 11.6. The summed E-state index contributed by atoms with van der Waals surface area (Å²) in [5, 5.41) is 9.80. The van der Waals surface area contributed by atoms with Crippen LogP contribution < -0.4 is 5.73 Å². The predicted molar refractivity (Wildman–Crippen MR) is 134 cm³/mol. The van der Waals surface area contributed by atoms with Crippen molar-refractivity contribution in [2.45, 2.75) is 70.6 Å². The van der Waals surface area contributed by atoms with E-state index in [1.165, 1.54) is 11.1 Å². The highest BCUT2D eigenvalue weighted by atomic mass is 32.2. The van der Waals surface area contributed by atoms with Gasteiger partial charge in [0, 0.05) is 29.0 Å². The Morgan fingerprint density at radius 1 is 1.22 bits per heavy atom. The fourth-order valence-electron chi connectivity index (χ4n) is 4.97. The number of aliphatic imine (C=N–C) groups is 2. The molecule has 1 aromatic carbocycles. The van der Waals surface area contributed by atoms with Gasteiger partial charge in [-0.05, 0) is 74.1 Å². The molecule has 3 aliphatic rings. The minimum Gasteiger partial charge on any atom is -0.330 e. The zero-order chi connectivity index (χ0) is 22.8. The van der Waals surface area contributed by atoms with Crippen molar-refractivity contribution in [3.63, 3.8) is 0 Å². The van der Waals surface area contributed by atoms with Crippen LogP contribution in [0.2, 0.25) is 0 Å². The Bertz CT molecular complexity index is 1020. The summed E-state index contributed by atoms with van der Waals surface area (Å²) in [6, 6.07) is 4.30. The minimum atomic E-state index is 0.204. The molecule has 6 heteroatoms. The molecule has 5 nitrogen and oxygen atoms in total. The zero-order valence-corrected chi connectivity index (χ0v) is 20.2. The van der Waals surface area contributed by atoms with E-state index in [0.717, 1.165) is 59.0 Å². The summed E-state index contributed by atoms with van der Waals surface area (Å²) in [6.45, 7) is 7.15. The first-order valence-corrected chi connectivity index (χ1v) is 12.8. The number of nitrogens with two attached hydrogens (primary N) is 1.